The van der Waals surface area contributed by atoms with E-state index in [4.69, 9.17) is 4.52 Å². The second-order valence-corrected chi connectivity index (χ2v) is 5.33. The number of nitriles is 1. The Labute approximate surface area is 134 Å². The molecule has 23 heavy (non-hydrogen) atoms. The third kappa shape index (κ3) is 3.00. The summed E-state index contributed by atoms with van der Waals surface area (Å²) in [7, 11) is 0. The van der Waals surface area contributed by atoms with Crippen LogP contribution in [-0.2, 0) is 0 Å². The number of nitro benzene ring substituents is 1. The molecule has 0 aliphatic heterocycles. The molecule has 0 radical (unpaired) electrons. The SMILES string of the molecule is N#C/C(=C\c1ccccc1[N+](=O)[O-])c1nc(-c2cccs2)no1. The average Bonchev–Trinajstić information content (AvgIpc) is 3.23. The summed E-state index contributed by atoms with van der Waals surface area (Å²) in [5.74, 6) is 0.396. The van der Waals surface area contributed by atoms with Crippen LogP contribution in [0, 0.1) is 21.4 Å². The van der Waals surface area contributed by atoms with Crippen molar-refractivity contribution < 1.29 is 9.45 Å². The molecule has 8 heteroatoms. The summed E-state index contributed by atoms with van der Waals surface area (Å²) in [5, 5.41) is 26.0. The first kappa shape index (κ1) is 14.6. The molecule has 3 rings (SSSR count). The summed E-state index contributed by atoms with van der Waals surface area (Å²) >= 11 is 1.44. The molecule has 0 saturated carbocycles. The number of hydrogen-bond donors (Lipinski definition) is 0. The zero-order valence-corrected chi connectivity index (χ0v) is 12.4. The zero-order chi connectivity index (χ0) is 16.2. The van der Waals surface area contributed by atoms with Gasteiger partial charge in [-0.2, -0.15) is 10.2 Å². The van der Waals surface area contributed by atoms with E-state index in [1.807, 2.05) is 23.6 Å². The Hall–Kier alpha value is -3.31. The molecule has 3 aromatic rings. The lowest BCUT2D eigenvalue weighted by Crippen LogP contribution is -1.91. The van der Waals surface area contributed by atoms with Gasteiger partial charge in [-0.05, 0) is 23.6 Å². The fraction of sp³-hybridized carbons (Fsp3) is 0. The van der Waals surface area contributed by atoms with E-state index in [1.165, 1.54) is 23.5 Å². The maximum atomic E-state index is 11.0. The second kappa shape index (κ2) is 6.21. The molecule has 0 amide bonds. The Balaban J connectivity index is 2.01. The number of allylic oxidation sites excluding steroid dienone is 1. The van der Waals surface area contributed by atoms with Crippen molar-refractivity contribution in [1.82, 2.24) is 10.1 Å². The van der Waals surface area contributed by atoms with Crippen LogP contribution in [0.4, 0.5) is 5.69 Å². The monoisotopic (exact) mass is 324 g/mol. The minimum absolute atomic E-state index is 0.0223. The lowest BCUT2D eigenvalue weighted by molar-refractivity contribution is -0.385. The van der Waals surface area contributed by atoms with E-state index in [1.54, 1.807) is 18.2 Å². The lowest BCUT2D eigenvalue weighted by atomic mass is 10.1. The molecule has 7 nitrogen and oxygen atoms in total. The van der Waals surface area contributed by atoms with Gasteiger partial charge in [-0.25, -0.2) is 0 Å². The molecule has 0 atom stereocenters. The van der Waals surface area contributed by atoms with Gasteiger partial charge >= 0.3 is 0 Å². The minimum atomic E-state index is -0.508. The Morgan fingerprint density at radius 2 is 2.17 bits per heavy atom. The molecule has 2 aromatic heterocycles. The molecule has 0 fully saturated rings. The summed E-state index contributed by atoms with van der Waals surface area (Å²) in [6, 6.07) is 11.7. The summed E-state index contributed by atoms with van der Waals surface area (Å²) in [6.45, 7) is 0. The molecule has 0 bridgehead atoms. The van der Waals surface area contributed by atoms with Crippen molar-refractivity contribution in [3.8, 4) is 16.8 Å². The number of nitrogens with zero attached hydrogens (tertiary/aromatic N) is 4. The predicted molar refractivity (Wildman–Crippen MR) is 84.2 cm³/mol. The number of nitro groups is 1. The molecule has 0 saturated heterocycles. The van der Waals surface area contributed by atoms with Gasteiger partial charge in [0.2, 0.25) is 5.82 Å². The van der Waals surface area contributed by atoms with Crippen LogP contribution < -0.4 is 0 Å². The summed E-state index contributed by atoms with van der Waals surface area (Å²) < 4.78 is 5.10. The molecule has 0 unspecified atom stereocenters. The molecule has 1 aromatic carbocycles. The fourth-order valence-electron chi connectivity index (χ4n) is 1.91. The van der Waals surface area contributed by atoms with E-state index >= 15 is 0 Å². The highest BCUT2D eigenvalue weighted by atomic mass is 32.1. The first-order valence-corrected chi connectivity index (χ1v) is 7.30. The summed E-state index contributed by atoms with van der Waals surface area (Å²) in [6.07, 6.45) is 1.36. The van der Waals surface area contributed by atoms with Crippen molar-refractivity contribution in [2.24, 2.45) is 0 Å². The second-order valence-electron chi connectivity index (χ2n) is 4.39. The topological polar surface area (TPSA) is 106 Å². The number of aromatic nitrogens is 2. The highest BCUT2D eigenvalue weighted by Crippen LogP contribution is 2.26. The Morgan fingerprint density at radius 1 is 1.35 bits per heavy atom. The number of thiophene rings is 1. The molecule has 112 valence electrons. The van der Waals surface area contributed by atoms with Crippen LogP contribution in [0.25, 0.3) is 22.4 Å². The Kier molecular flexibility index (Phi) is 3.95. The van der Waals surface area contributed by atoms with Crippen LogP contribution in [0.5, 0.6) is 0 Å². The van der Waals surface area contributed by atoms with Crippen molar-refractivity contribution in [3.05, 3.63) is 63.3 Å². The van der Waals surface area contributed by atoms with E-state index in [9.17, 15) is 15.4 Å². The maximum Gasteiger partial charge on any atom is 0.276 e. The van der Waals surface area contributed by atoms with E-state index in [-0.39, 0.29) is 17.2 Å². The molecule has 0 aliphatic carbocycles. The van der Waals surface area contributed by atoms with Gasteiger partial charge in [0.25, 0.3) is 11.6 Å². The van der Waals surface area contributed by atoms with E-state index in [2.05, 4.69) is 10.1 Å². The summed E-state index contributed by atoms with van der Waals surface area (Å²) in [5.41, 5.74) is 0.262. The van der Waals surface area contributed by atoms with Gasteiger partial charge < -0.3 is 4.52 Å². The average molecular weight is 324 g/mol. The highest BCUT2D eigenvalue weighted by Gasteiger charge is 2.16. The van der Waals surface area contributed by atoms with Crippen molar-refractivity contribution in [2.45, 2.75) is 0 Å². The molecule has 2 heterocycles. The maximum absolute atomic E-state index is 11.0. The number of benzene rings is 1. The van der Waals surface area contributed by atoms with Gasteiger partial charge in [0.05, 0.1) is 15.4 Å². The number of rotatable bonds is 4. The van der Waals surface area contributed by atoms with Crippen LogP contribution in [0.2, 0.25) is 0 Å². The van der Waals surface area contributed by atoms with Crippen LogP contribution in [0.1, 0.15) is 11.5 Å². The highest BCUT2D eigenvalue weighted by molar-refractivity contribution is 7.13. The molecule has 0 spiro atoms. The van der Waals surface area contributed by atoms with E-state index in [0.29, 0.717) is 11.4 Å². The van der Waals surface area contributed by atoms with Gasteiger partial charge in [-0.1, -0.05) is 23.4 Å². The molecular formula is C15H8N4O3S. The Bertz CT molecular complexity index is 922. The largest absolute Gasteiger partial charge is 0.333 e. The first-order valence-electron chi connectivity index (χ1n) is 6.42. The summed E-state index contributed by atoms with van der Waals surface area (Å²) in [4.78, 5) is 15.5. The van der Waals surface area contributed by atoms with Crippen molar-refractivity contribution >= 4 is 28.7 Å². The zero-order valence-electron chi connectivity index (χ0n) is 11.5. The van der Waals surface area contributed by atoms with Gasteiger partial charge in [0.1, 0.15) is 11.6 Å². The van der Waals surface area contributed by atoms with E-state index < -0.39 is 4.92 Å². The van der Waals surface area contributed by atoms with Crippen molar-refractivity contribution in [1.29, 1.82) is 5.26 Å². The van der Waals surface area contributed by atoms with E-state index in [0.717, 1.165) is 4.88 Å². The minimum Gasteiger partial charge on any atom is -0.333 e. The van der Waals surface area contributed by atoms with Crippen LogP contribution in [-0.4, -0.2) is 15.1 Å². The fourth-order valence-corrected chi connectivity index (χ4v) is 2.56. The van der Waals surface area contributed by atoms with Gasteiger partial charge in [-0.3, -0.25) is 10.1 Å². The van der Waals surface area contributed by atoms with Crippen molar-refractivity contribution in [2.75, 3.05) is 0 Å². The first-order chi connectivity index (χ1) is 11.2. The number of hydrogen-bond acceptors (Lipinski definition) is 7. The van der Waals surface area contributed by atoms with Crippen LogP contribution in [0.3, 0.4) is 0 Å². The smallest absolute Gasteiger partial charge is 0.276 e. The van der Waals surface area contributed by atoms with Gasteiger partial charge in [0, 0.05) is 6.07 Å². The quantitative estimate of drug-likeness (QED) is 0.411. The van der Waals surface area contributed by atoms with Crippen LogP contribution >= 0.6 is 11.3 Å². The Morgan fingerprint density at radius 3 is 2.87 bits per heavy atom. The predicted octanol–water partition coefficient (Wildman–Crippen LogP) is 3.77. The normalized spacial score (nSPS) is 11.2. The standard InChI is InChI=1S/C15H8N4O3S/c16-9-11(8-10-4-1-2-5-12(10)19(20)21)15-17-14(18-22-15)13-6-3-7-23-13/h1-8H/b11-8+. The third-order valence-electron chi connectivity index (χ3n) is 2.95. The molecule has 0 N–H and O–H groups in total. The molecular weight excluding hydrogens is 316 g/mol. The van der Waals surface area contributed by atoms with Gasteiger partial charge in [0.15, 0.2) is 0 Å². The number of para-hydroxylation sites is 1. The third-order valence-corrected chi connectivity index (χ3v) is 3.82. The molecule has 0 aliphatic rings. The van der Waals surface area contributed by atoms with Gasteiger partial charge in [-0.15, -0.1) is 11.3 Å². The van der Waals surface area contributed by atoms with Crippen molar-refractivity contribution in [3.63, 3.8) is 0 Å². The van der Waals surface area contributed by atoms with Crippen LogP contribution in [0.15, 0.2) is 46.3 Å². The lowest BCUT2D eigenvalue weighted by Gasteiger charge is -1.97.